The van der Waals surface area contributed by atoms with Gasteiger partial charge in [0.15, 0.2) is 5.13 Å². The van der Waals surface area contributed by atoms with Crippen molar-refractivity contribution in [2.24, 2.45) is 0 Å². The van der Waals surface area contributed by atoms with Crippen molar-refractivity contribution in [1.82, 2.24) is 9.88 Å². The van der Waals surface area contributed by atoms with Crippen molar-refractivity contribution in [2.75, 3.05) is 76.1 Å². The van der Waals surface area contributed by atoms with Gasteiger partial charge < -0.3 is 24.0 Å². The summed E-state index contributed by atoms with van der Waals surface area (Å²) >= 11 is 1.74. The Bertz CT molecular complexity index is 1100. The fourth-order valence-corrected chi connectivity index (χ4v) is 5.59. The van der Waals surface area contributed by atoms with E-state index >= 15 is 0 Å². The maximum absolute atomic E-state index is 5.54. The molecule has 36 heavy (non-hydrogen) atoms. The molecule has 5 rings (SSSR count). The molecule has 0 amide bonds. The van der Waals surface area contributed by atoms with Crippen molar-refractivity contribution in [1.29, 1.82) is 0 Å². The third-order valence-electron chi connectivity index (χ3n) is 6.77. The van der Waals surface area contributed by atoms with E-state index in [0.29, 0.717) is 0 Å². The van der Waals surface area contributed by atoms with Crippen molar-refractivity contribution in [2.45, 2.75) is 19.5 Å². The first kappa shape index (κ1) is 25.0. The van der Waals surface area contributed by atoms with Gasteiger partial charge in [0.2, 0.25) is 0 Å². The number of rotatable bonds is 10. The molecule has 2 aliphatic heterocycles. The highest BCUT2D eigenvalue weighted by molar-refractivity contribution is 7.13. The Kier molecular flexibility index (Phi) is 8.72. The monoisotopic (exact) mass is 508 g/mol. The molecule has 0 saturated carbocycles. The smallest absolute Gasteiger partial charge is 0.186 e. The minimum atomic E-state index is 0.773. The van der Waals surface area contributed by atoms with Crippen LogP contribution in [0.3, 0.4) is 0 Å². The first-order valence-corrected chi connectivity index (χ1v) is 13.7. The predicted molar refractivity (Wildman–Crippen MR) is 145 cm³/mol. The maximum atomic E-state index is 5.54. The summed E-state index contributed by atoms with van der Waals surface area (Å²) in [4.78, 5) is 12.3. The first-order chi connectivity index (χ1) is 17.8. The third kappa shape index (κ3) is 6.76. The Balaban J connectivity index is 1.33. The van der Waals surface area contributed by atoms with Gasteiger partial charge in [0.05, 0.1) is 39.2 Å². The van der Waals surface area contributed by atoms with E-state index < -0.39 is 0 Å². The molecule has 3 heterocycles. The zero-order chi connectivity index (χ0) is 24.6. The van der Waals surface area contributed by atoms with E-state index in [1.807, 2.05) is 6.07 Å². The van der Waals surface area contributed by atoms with Gasteiger partial charge >= 0.3 is 0 Å². The molecule has 8 heteroatoms. The molecule has 0 atom stereocenters. The molecule has 2 aliphatic rings. The van der Waals surface area contributed by atoms with Gasteiger partial charge in [-0.15, -0.1) is 11.3 Å². The lowest BCUT2D eigenvalue weighted by Gasteiger charge is -2.29. The number of hydrogen-bond donors (Lipinski definition) is 0. The van der Waals surface area contributed by atoms with Crippen LogP contribution in [0.15, 0.2) is 53.9 Å². The van der Waals surface area contributed by atoms with Crippen molar-refractivity contribution >= 4 is 22.2 Å². The molecule has 3 aromatic rings. The predicted octanol–water partition coefficient (Wildman–Crippen LogP) is 4.07. The summed E-state index contributed by atoms with van der Waals surface area (Å²) in [7, 11) is 1.72. The van der Waals surface area contributed by atoms with E-state index in [1.165, 1.54) is 22.5 Å². The summed E-state index contributed by atoms with van der Waals surface area (Å²) in [6, 6.07) is 17.2. The zero-order valence-corrected chi connectivity index (χ0v) is 21.9. The van der Waals surface area contributed by atoms with Crippen molar-refractivity contribution in [3.05, 3.63) is 70.7 Å². The van der Waals surface area contributed by atoms with Crippen LogP contribution in [0.4, 0.5) is 10.8 Å². The normalized spacial score (nSPS) is 16.8. The molecule has 0 bridgehead atoms. The average Bonchev–Trinajstić information content (AvgIpc) is 3.42. The second kappa shape index (κ2) is 12.5. The molecule has 2 saturated heterocycles. The number of morpholine rings is 2. The number of hydrogen-bond acceptors (Lipinski definition) is 8. The van der Waals surface area contributed by atoms with Crippen molar-refractivity contribution in [3.8, 4) is 5.75 Å². The lowest BCUT2D eigenvalue weighted by atomic mass is 10.1. The Morgan fingerprint density at radius 1 is 0.917 bits per heavy atom. The zero-order valence-electron chi connectivity index (χ0n) is 21.1. The number of benzene rings is 2. The molecule has 0 aliphatic carbocycles. The molecule has 0 spiro atoms. The first-order valence-electron chi connectivity index (χ1n) is 12.8. The van der Waals surface area contributed by atoms with Crippen LogP contribution in [0, 0.1) is 0 Å². The number of aromatic nitrogens is 1. The molecular formula is C28H36N4O3S. The highest BCUT2D eigenvalue weighted by Gasteiger charge is 2.17. The molecule has 7 nitrogen and oxygen atoms in total. The molecule has 1 aromatic heterocycles. The van der Waals surface area contributed by atoms with Crippen LogP contribution in [0.5, 0.6) is 5.75 Å². The third-order valence-corrected chi connectivity index (χ3v) is 7.72. The van der Waals surface area contributed by atoms with Crippen molar-refractivity contribution in [3.63, 3.8) is 0 Å². The van der Waals surface area contributed by atoms with Crippen LogP contribution >= 0.6 is 11.3 Å². The lowest BCUT2D eigenvalue weighted by Crippen LogP contribution is -2.37. The second-order valence-corrected chi connectivity index (χ2v) is 10.1. The minimum Gasteiger partial charge on any atom is -0.497 e. The SMILES string of the molecule is COc1cccc(CN(Cc2cccc(N3CCOCC3)c2)c2nc(CCN3CCOCC3)cs2)c1. The van der Waals surface area contributed by atoms with E-state index in [-0.39, 0.29) is 0 Å². The number of thiazole rings is 1. The Morgan fingerprint density at radius 3 is 2.36 bits per heavy atom. The molecule has 0 N–H and O–H groups in total. The summed E-state index contributed by atoms with van der Waals surface area (Å²) in [6.07, 6.45) is 0.968. The highest BCUT2D eigenvalue weighted by Crippen LogP contribution is 2.27. The summed E-state index contributed by atoms with van der Waals surface area (Å²) in [5.74, 6) is 0.882. The summed E-state index contributed by atoms with van der Waals surface area (Å²) < 4.78 is 16.5. The Morgan fingerprint density at radius 2 is 1.61 bits per heavy atom. The molecule has 0 radical (unpaired) electrons. The summed E-state index contributed by atoms with van der Waals surface area (Å²) in [6.45, 7) is 9.76. The van der Waals surface area contributed by atoms with Crippen LogP contribution in [-0.4, -0.2) is 76.1 Å². The molecular weight excluding hydrogens is 472 g/mol. The largest absolute Gasteiger partial charge is 0.497 e. The van der Waals surface area contributed by atoms with E-state index in [0.717, 1.165) is 89.5 Å². The molecule has 192 valence electrons. The molecule has 0 unspecified atom stereocenters. The standard InChI is InChI=1S/C28H36N4O3S/c1-33-27-7-3-5-24(19-27)21-32(20-23-4-2-6-26(18-23)31-12-16-35-17-13-31)28-29-25(22-36-28)8-9-30-10-14-34-15-11-30/h2-7,18-19,22H,8-17,20-21H2,1H3. The lowest BCUT2D eigenvalue weighted by molar-refractivity contribution is 0.0383. The Hall–Kier alpha value is -2.65. The van der Waals surface area contributed by atoms with Crippen LogP contribution in [0.1, 0.15) is 16.8 Å². The Labute approximate surface area is 218 Å². The fourth-order valence-electron chi connectivity index (χ4n) is 4.73. The van der Waals surface area contributed by atoms with Gasteiger partial charge in [0.25, 0.3) is 0 Å². The fraction of sp³-hybridized carbons (Fsp3) is 0.464. The number of nitrogens with zero attached hydrogens (tertiary/aromatic N) is 4. The van der Waals surface area contributed by atoms with Gasteiger partial charge in [0, 0.05) is 63.3 Å². The number of ether oxygens (including phenoxy) is 3. The van der Waals surface area contributed by atoms with Crippen LogP contribution in [0.25, 0.3) is 0 Å². The maximum Gasteiger partial charge on any atom is 0.186 e. The molecule has 2 aromatic carbocycles. The highest BCUT2D eigenvalue weighted by atomic mass is 32.1. The van der Waals surface area contributed by atoms with Gasteiger partial charge in [-0.25, -0.2) is 4.98 Å². The van der Waals surface area contributed by atoms with Crippen molar-refractivity contribution < 1.29 is 14.2 Å². The summed E-state index contributed by atoms with van der Waals surface area (Å²) in [5.41, 5.74) is 4.93. The van der Waals surface area contributed by atoms with Gasteiger partial charge in [-0.3, -0.25) is 4.90 Å². The van der Waals surface area contributed by atoms with Gasteiger partial charge in [-0.05, 0) is 35.4 Å². The van der Waals surface area contributed by atoms with E-state index in [9.17, 15) is 0 Å². The van der Waals surface area contributed by atoms with Gasteiger partial charge in [-0.2, -0.15) is 0 Å². The van der Waals surface area contributed by atoms with Crippen LogP contribution in [0.2, 0.25) is 0 Å². The second-order valence-electron chi connectivity index (χ2n) is 9.30. The minimum absolute atomic E-state index is 0.773. The van der Waals surface area contributed by atoms with E-state index in [4.69, 9.17) is 19.2 Å². The van der Waals surface area contributed by atoms with Crippen LogP contribution < -0.4 is 14.5 Å². The quantitative estimate of drug-likeness (QED) is 0.409. The topological polar surface area (TPSA) is 50.3 Å². The average molecular weight is 509 g/mol. The summed E-state index contributed by atoms with van der Waals surface area (Å²) in [5, 5.41) is 3.28. The molecule has 2 fully saturated rings. The van der Waals surface area contributed by atoms with E-state index in [1.54, 1.807) is 18.4 Å². The van der Waals surface area contributed by atoms with E-state index in [2.05, 4.69) is 62.5 Å². The number of anilines is 2. The van der Waals surface area contributed by atoms with Gasteiger partial charge in [-0.1, -0.05) is 24.3 Å². The van der Waals surface area contributed by atoms with Gasteiger partial charge in [0.1, 0.15) is 5.75 Å². The number of methoxy groups -OCH3 is 1. The van der Waals surface area contributed by atoms with Crippen LogP contribution in [-0.2, 0) is 29.0 Å².